The van der Waals surface area contributed by atoms with Crippen molar-refractivity contribution in [3.63, 3.8) is 0 Å². The van der Waals surface area contributed by atoms with Crippen molar-refractivity contribution in [2.75, 3.05) is 19.6 Å². The van der Waals surface area contributed by atoms with Crippen molar-refractivity contribution in [1.29, 1.82) is 0 Å². The average molecular weight is 182 g/mol. The highest BCUT2D eigenvalue weighted by Crippen LogP contribution is 2.20. The number of hydrogen-bond acceptors (Lipinski definition) is 2. The standard InChI is InChI=1S/C10H18N2O/c1-8-9(4-5-11-8)10(13)12-6-2-3-7-12/h8-9,11H,2-7H2,1H3. The molecule has 0 spiro atoms. The second-order valence-electron chi connectivity index (χ2n) is 4.17. The van der Waals surface area contributed by atoms with E-state index in [1.54, 1.807) is 0 Å². The zero-order valence-corrected chi connectivity index (χ0v) is 8.25. The maximum Gasteiger partial charge on any atom is 0.227 e. The van der Waals surface area contributed by atoms with Crippen molar-refractivity contribution in [3.05, 3.63) is 0 Å². The van der Waals surface area contributed by atoms with Crippen LogP contribution in [0.5, 0.6) is 0 Å². The van der Waals surface area contributed by atoms with E-state index in [0.29, 0.717) is 11.9 Å². The summed E-state index contributed by atoms with van der Waals surface area (Å²) >= 11 is 0. The third kappa shape index (κ3) is 1.70. The minimum Gasteiger partial charge on any atom is -0.342 e. The van der Waals surface area contributed by atoms with Crippen molar-refractivity contribution < 1.29 is 4.79 Å². The van der Waals surface area contributed by atoms with Gasteiger partial charge in [0.2, 0.25) is 5.91 Å². The van der Waals surface area contributed by atoms with E-state index in [1.165, 1.54) is 12.8 Å². The molecule has 2 aliphatic rings. The van der Waals surface area contributed by atoms with Crippen LogP contribution in [0, 0.1) is 5.92 Å². The minimum absolute atomic E-state index is 0.248. The lowest BCUT2D eigenvalue weighted by Gasteiger charge is -2.22. The van der Waals surface area contributed by atoms with Crippen LogP contribution in [-0.2, 0) is 4.79 Å². The van der Waals surface area contributed by atoms with Gasteiger partial charge in [-0.25, -0.2) is 0 Å². The van der Waals surface area contributed by atoms with Crippen LogP contribution in [0.2, 0.25) is 0 Å². The molecule has 1 amide bonds. The normalized spacial score (nSPS) is 34.1. The number of rotatable bonds is 1. The van der Waals surface area contributed by atoms with E-state index in [0.717, 1.165) is 26.1 Å². The zero-order valence-electron chi connectivity index (χ0n) is 8.25. The monoisotopic (exact) mass is 182 g/mol. The fourth-order valence-electron chi connectivity index (χ4n) is 2.37. The summed E-state index contributed by atoms with van der Waals surface area (Å²) in [6.07, 6.45) is 3.41. The van der Waals surface area contributed by atoms with Gasteiger partial charge in [0.1, 0.15) is 0 Å². The molecule has 2 unspecified atom stereocenters. The Kier molecular flexibility index (Phi) is 2.54. The molecule has 2 atom stereocenters. The summed E-state index contributed by atoms with van der Waals surface area (Å²) in [5.74, 6) is 0.633. The molecule has 0 bridgehead atoms. The van der Waals surface area contributed by atoms with Gasteiger partial charge >= 0.3 is 0 Å². The lowest BCUT2D eigenvalue weighted by molar-refractivity contribution is -0.134. The molecule has 2 rings (SSSR count). The molecule has 0 aromatic heterocycles. The van der Waals surface area contributed by atoms with Crippen LogP contribution in [0.1, 0.15) is 26.2 Å². The number of carbonyl (C=O) groups is 1. The van der Waals surface area contributed by atoms with Gasteiger partial charge in [0, 0.05) is 19.1 Å². The molecular formula is C10H18N2O. The van der Waals surface area contributed by atoms with Gasteiger partial charge in [-0.05, 0) is 32.7 Å². The van der Waals surface area contributed by atoms with E-state index < -0.39 is 0 Å². The summed E-state index contributed by atoms with van der Waals surface area (Å²) in [4.78, 5) is 14.0. The Bertz CT molecular complexity index is 199. The van der Waals surface area contributed by atoms with Crippen molar-refractivity contribution in [1.82, 2.24) is 10.2 Å². The Morgan fingerprint density at radius 1 is 1.38 bits per heavy atom. The predicted molar refractivity (Wildman–Crippen MR) is 51.4 cm³/mol. The Labute approximate surface area is 79.5 Å². The van der Waals surface area contributed by atoms with Gasteiger partial charge in [-0.1, -0.05) is 0 Å². The molecule has 2 fully saturated rings. The van der Waals surface area contributed by atoms with Gasteiger partial charge in [-0.15, -0.1) is 0 Å². The van der Waals surface area contributed by atoms with Crippen LogP contribution < -0.4 is 5.32 Å². The van der Waals surface area contributed by atoms with Crippen LogP contribution in [0.4, 0.5) is 0 Å². The molecular weight excluding hydrogens is 164 g/mol. The molecule has 0 radical (unpaired) electrons. The van der Waals surface area contributed by atoms with Gasteiger partial charge in [0.25, 0.3) is 0 Å². The Morgan fingerprint density at radius 2 is 2.08 bits per heavy atom. The third-order valence-corrected chi connectivity index (χ3v) is 3.26. The number of amides is 1. The van der Waals surface area contributed by atoms with Crippen LogP contribution in [-0.4, -0.2) is 36.5 Å². The first-order valence-electron chi connectivity index (χ1n) is 5.31. The van der Waals surface area contributed by atoms with E-state index >= 15 is 0 Å². The van der Waals surface area contributed by atoms with Gasteiger partial charge in [0.05, 0.1) is 5.92 Å². The topological polar surface area (TPSA) is 32.3 Å². The fourth-order valence-corrected chi connectivity index (χ4v) is 2.37. The van der Waals surface area contributed by atoms with Crippen molar-refractivity contribution >= 4 is 5.91 Å². The number of likely N-dealkylation sites (tertiary alicyclic amines) is 1. The first-order valence-corrected chi connectivity index (χ1v) is 5.31. The van der Waals surface area contributed by atoms with Gasteiger partial charge < -0.3 is 10.2 Å². The maximum absolute atomic E-state index is 11.9. The molecule has 2 aliphatic heterocycles. The van der Waals surface area contributed by atoms with E-state index in [2.05, 4.69) is 12.2 Å². The van der Waals surface area contributed by atoms with Crippen molar-refractivity contribution in [3.8, 4) is 0 Å². The molecule has 0 saturated carbocycles. The highest BCUT2D eigenvalue weighted by molar-refractivity contribution is 5.80. The number of nitrogens with zero attached hydrogens (tertiary/aromatic N) is 1. The Balaban J connectivity index is 1.95. The number of nitrogens with one attached hydrogen (secondary N) is 1. The second-order valence-corrected chi connectivity index (χ2v) is 4.17. The Hall–Kier alpha value is -0.570. The molecule has 74 valence electrons. The van der Waals surface area contributed by atoms with Gasteiger partial charge in [0.15, 0.2) is 0 Å². The van der Waals surface area contributed by atoms with Crippen LogP contribution >= 0.6 is 0 Å². The molecule has 0 aromatic rings. The molecule has 3 nitrogen and oxygen atoms in total. The quantitative estimate of drug-likeness (QED) is 0.644. The maximum atomic E-state index is 11.9. The summed E-state index contributed by atoms with van der Waals surface area (Å²) in [5.41, 5.74) is 0. The summed E-state index contributed by atoms with van der Waals surface area (Å²) in [7, 11) is 0. The second kappa shape index (κ2) is 3.66. The summed E-state index contributed by atoms with van der Waals surface area (Å²) in [6, 6.07) is 0.382. The lowest BCUT2D eigenvalue weighted by Crippen LogP contribution is -2.38. The first-order chi connectivity index (χ1) is 6.29. The predicted octanol–water partition coefficient (Wildman–Crippen LogP) is 0.607. The van der Waals surface area contributed by atoms with E-state index in [4.69, 9.17) is 0 Å². The minimum atomic E-state index is 0.248. The highest BCUT2D eigenvalue weighted by Gasteiger charge is 2.33. The van der Waals surface area contributed by atoms with Crippen LogP contribution in [0.15, 0.2) is 0 Å². The van der Waals surface area contributed by atoms with Crippen LogP contribution in [0.25, 0.3) is 0 Å². The van der Waals surface area contributed by atoms with E-state index in [1.807, 2.05) is 4.90 Å². The molecule has 1 N–H and O–H groups in total. The first kappa shape index (κ1) is 9.00. The summed E-state index contributed by atoms with van der Waals surface area (Å²) in [6.45, 7) is 5.10. The number of carbonyl (C=O) groups excluding carboxylic acids is 1. The molecule has 13 heavy (non-hydrogen) atoms. The Morgan fingerprint density at radius 3 is 2.62 bits per heavy atom. The third-order valence-electron chi connectivity index (χ3n) is 3.26. The summed E-state index contributed by atoms with van der Waals surface area (Å²) < 4.78 is 0. The molecule has 3 heteroatoms. The molecule has 0 aromatic carbocycles. The van der Waals surface area contributed by atoms with Gasteiger partial charge in [-0.3, -0.25) is 4.79 Å². The highest BCUT2D eigenvalue weighted by atomic mass is 16.2. The smallest absolute Gasteiger partial charge is 0.227 e. The van der Waals surface area contributed by atoms with Crippen LogP contribution in [0.3, 0.4) is 0 Å². The molecule has 2 heterocycles. The van der Waals surface area contributed by atoms with E-state index in [9.17, 15) is 4.79 Å². The van der Waals surface area contributed by atoms with Crippen molar-refractivity contribution in [2.45, 2.75) is 32.2 Å². The zero-order chi connectivity index (χ0) is 9.26. The van der Waals surface area contributed by atoms with E-state index in [-0.39, 0.29) is 5.92 Å². The molecule has 2 saturated heterocycles. The number of hydrogen-bond donors (Lipinski definition) is 1. The summed E-state index contributed by atoms with van der Waals surface area (Å²) in [5, 5.41) is 3.33. The largest absolute Gasteiger partial charge is 0.342 e. The average Bonchev–Trinajstić information content (AvgIpc) is 2.72. The fraction of sp³-hybridized carbons (Fsp3) is 0.900. The van der Waals surface area contributed by atoms with Crippen molar-refractivity contribution in [2.24, 2.45) is 5.92 Å². The molecule has 0 aliphatic carbocycles. The SMILES string of the molecule is CC1NCCC1C(=O)N1CCCC1. The van der Waals surface area contributed by atoms with Gasteiger partial charge in [-0.2, -0.15) is 0 Å². The lowest BCUT2D eigenvalue weighted by atomic mass is 10.0.